The zero-order valence-electron chi connectivity index (χ0n) is 10.6. The number of carbonyl (C=O) groups is 1. The summed E-state index contributed by atoms with van der Waals surface area (Å²) in [6.45, 7) is 5.23. The van der Waals surface area contributed by atoms with E-state index in [2.05, 4.69) is 0 Å². The van der Waals surface area contributed by atoms with Crippen LogP contribution in [0.25, 0.3) is 0 Å². The Hall–Kier alpha value is -1.62. The van der Waals surface area contributed by atoms with Crippen molar-refractivity contribution in [3.63, 3.8) is 0 Å². The Labute approximate surface area is 105 Å². The summed E-state index contributed by atoms with van der Waals surface area (Å²) in [6.07, 6.45) is 0.919. The Balaban J connectivity index is 2.42. The van der Waals surface area contributed by atoms with Gasteiger partial charge >= 0.3 is 5.97 Å². The number of hydrogen-bond acceptors (Lipinski definition) is 3. The SMILES string of the molecule is Cc1cc(=O)n(CC2CCOC2)c(C)c1C(=O)O. The van der Waals surface area contributed by atoms with Crippen LogP contribution in [0.4, 0.5) is 0 Å². The molecule has 1 aliphatic heterocycles. The molecule has 5 nitrogen and oxygen atoms in total. The van der Waals surface area contributed by atoms with Crippen LogP contribution < -0.4 is 5.56 Å². The lowest BCUT2D eigenvalue weighted by atomic mass is 10.1. The number of carboxylic acids is 1. The Morgan fingerprint density at radius 2 is 2.28 bits per heavy atom. The van der Waals surface area contributed by atoms with Crippen molar-refractivity contribution in [1.82, 2.24) is 4.57 Å². The molecule has 0 aliphatic carbocycles. The molecule has 1 atom stereocenters. The summed E-state index contributed by atoms with van der Waals surface area (Å²) in [5.41, 5.74) is 1.14. The quantitative estimate of drug-likeness (QED) is 0.876. The summed E-state index contributed by atoms with van der Waals surface area (Å²) in [5.74, 6) is -0.688. The molecule has 2 heterocycles. The first-order valence-corrected chi connectivity index (χ1v) is 6.02. The van der Waals surface area contributed by atoms with Gasteiger partial charge in [0.2, 0.25) is 0 Å². The van der Waals surface area contributed by atoms with E-state index < -0.39 is 5.97 Å². The largest absolute Gasteiger partial charge is 0.478 e. The smallest absolute Gasteiger partial charge is 0.337 e. The van der Waals surface area contributed by atoms with E-state index in [1.807, 2.05) is 0 Å². The Kier molecular flexibility index (Phi) is 3.52. The number of aromatic carboxylic acids is 1. The van der Waals surface area contributed by atoms with Crippen LogP contribution in [0.2, 0.25) is 0 Å². The monoisotopic (exact) mass is 251 g/mol. The fourth-order valence-corrected chi connectivity index (χ4v) is 2.46. The molecule has 0 amide bonds. The van der Waals surface area contributed by atoms with Crippen molar-refractivity contribution in [2.45, 2.75) is 26.8 Å². The van der Waals surface area contributed by atoms with E-state index in [4.69, 9.17) is 4.74 Å². The van der Waals surface area contributed by atoms with Gasteiger partial charge in [-0.3, -0.25) is 4.79 Å². The molecule has 0 aromatic carbocycles. The van der Waals surface area contributed by atoms with Gasteiger partial charge in [0.05, 0.1) is 12.2 Å². The second-order valence-electron chi connectivity index (χ2n) is 4.77. The highest BCUT2D eigenvalue weighted by Gasteiger charge is 2.20. The minimum Gasteiger partial charge on any atom is -0.478 e. The van der Waals surface area contributed by atoms with Gasteiger partial charge in [0.25, 0.3) is 5.56 Å². The predicted octanol–water partition coefficient (Wildman–Crippen LogP) is 1.20. The zero-order chi connectivity index (χ0) is 13.3. The average Bonchev–Trinajstić information content (AvgIpc) is 2.75. The minimum absolute atomic E-state index is 0.137. The molecule has 1 saturated heterocycles. The zero-order valence-corrected chi connectivity index (χ0v) is 10.6. The topological polar surface area (TPSA) is 68.5 Å². The number of ether oxygens (including phenoxy) is 1. The van der Waals surface area contributed by atoms with Crippen molar-refractivity contribution in [2.75, 3.05) is 13.2 Å². The van der Waals surface area contributed by atoms with Gasteiger partial charge in [-0.15, -0.1) is 0 Å². The molecule has 1 fully saturated rings. The third-order valence-electron chi connectivity index (χ3n) is 3.45. The summed E-state index contributed by atoms with van der Waals surface area (Å²) < 4.78 is 6.83. The third kappa shape index (κ3) is 2.31. The van der Waals surface area contributed by atoms with E-state index in [1.165, 1.54) is 6.07 Å². The highest BCUT2D eigenvalue weighted by Crippen LogP contribution is 2.17. The van der Waals surface area contributed by atoms with Crippen LogP contribution in [0.15, 0.2) is 10.9 Å². The van der Waals surface area contributed by atoms with Crippen LogP contribution >= 0.6 is 0 Å². The maximum Gasteiger partial charge on any atom is 0.337 e. The first-order valence-electron chi connectivity index (χ1n) is 6.02. The molecule has 0 spiro atoms. The molecule has 0 radical (unpaired) electrons. The molecule has 1 N–H and O–H groups in total. The molecule has 0 saturated carbocycles. The van der Waals surface area contributed by atoms with Crippen molar-refractivity contribution in [2.24, 2.45) is 5.92 Å². The van der Waals surface area contributed by atoms with Crippen molar-refractivity contribution in [3.05, 3.63) is 33.2 Å². The van der Waals surface area contributed by atoms with Gasteiger partial charge in [0.15, 0.2) is 0 Å². The van der Waals surface area contributed by atoms with Crippen LogP contribution in [-0.4, -0.2) is 28.9 Å². The van der Waals surface area contributed by atoms with E-state index in [-0.39, 0.29) is 11.1 Å². The van der Waals surface area contributed by atoms with Crippen LogP contribution in [0.3, 0.4) is 0 Å². The predicted molar refractivity (Wildman–Crippen MR) is 66.1 cm³/mol. The van der Waals surface area contributed by atoms with Gasteiger partial charge in [0, 0.05) is 30.8 Å². The number of rotatable bonds is 3. The van der Waals surface area contributed by atoms with E-state index in [9.17, 15) is 14.7 Å². The van der Waals surface area contributed by atoms with Gasteiger partial charge in [-0.25, -0.2) is 4.79 Å². The summed E-state index contributed by atoms with van der Waals surface area (Å²) in [4.78, 5) is 23.2. The molecule has 1 aromatic heterocycles. The molecule has 18 heavy (non-hydrogen) atoms. The van der Waals surface area contributed by atoms with Crippen molar-refractivity contribution in [3.8, 4) is 0 Å². The number of aromatic nitrogens is 1. The summed E-state index contributed by atoms with van der Waals surface area (Å²) >= 11 is 0. The standard InChI is InChI=1S/C13H17NO4/c1-8-5-11(15)14(6-10-3-4-18-7-10)9(2)12(8)13(16)17/h5,10H,3-4,6-7H2,1-2H3,(H,16,17). The fourth-order valence-electron chi connectivity index (χ4n) is 2.46. The second-order valence-corrected chi connectivity index (χ2v) is 4.77. The van der Waals surface area contributed by atoms with Gasteiger partial charge in [-0.2, -0.15) is 0 Å². The number of carboxylic acid groups (broad SMARTS) is 1. The Morgan fingerprint density at radius 3 is 2.83 bits per heavy atom. The highest BCUT2D eigenvalue weighted by molar-refractivity contribution is 5.90. The number of aryl methyl sites for hydroxylation is 1. The lowest BCUT2D eigenvalue weighted by Gasteiger charge is -2.16. The first-order chi connectivity index (χ1) is 8.50. The van der Waals surface area contributed by atoms with E-state index in [1.54, 1.807) is 18.4 Å². The molecular weight excluding hydrogens is 234 g/mol. The van der Waals surface area contributed by atoms with Gasteiger partial charge in [-0.1, -0.05) is 0 Å². The molecular formula is C13H17NO4. The normalized spacial score (nSPS) is 19.1. The number of hydrogen-bond donors (Lipinski definition) is 1. The summed E-state index contributed by atoms with van der Waals surface area (Å²) in [6, 6.07) is 1.40. The van der Waals surface area contributed by atoms with Crippen molar-refractivity contribution < 1.29 is 14.6 Å². The second kappa shape index (κ2) is 4.94. The molecule has 5 heteroatoms. The average molecular weight is 251 g/mol. The van der Waals surface area contributed by atoms with Gasteiger partial charge < -0.3 is 14.4 Å². The van der Waals surface area contributed by atoms with Crippen LogP contribution in [0.1, 0.15) is 28.0 Å². The fraction of sp³-hybridized carbons (Fsp3) is 0.538. The van der Waals surface area contributed by atoms with E-state index in [0.717, 1.165) is 13.0 Å². The number of nitrogens with zero attached hydrogens (tertiary/aromatic N) is 1. The van der Waals surface area contributed by atoms with Crippen LogP contribution in [-0.2, 0) is 11.3 Å². The van der Waals surface area contributed by atoms with Gasteiger partial charge in [0.1, 0.15) is 0 Å². The molecule has 1 unspecified atom stereocenters. The summed E-state index contributed by atoms with van der Waals surface area (Å²) in [7, 11) is 0. The van der Waals surface area contributed by atoms with Crippen molar-refractivity contribution >= 4 is 5.97 Å². The maximum absolute atomic E-state index is 12.0. The summed E-state index contributed by atoms with van der Waals surface area (Å²) in [5, 5.41) is 9.18. The van der Waals surface area contributed by atoms with Gasteiger partial charge in [-0.05, 0) is 25.8 Å². The van der Waals surface area contributed by atoms with E-state index >= 15 is 0 Å². The molecule has 98 valence electrons. The highest BCUT2D eigenvalue weighted by atomic mass is 16.5. The minimum atomic E-state index is -0.985. The Bertz CT molecular complexity index is 527. The molecule has 1 aliphatic rings. The third-order valence-corrected chi connectivity index (χ3v) is 3.45. The van der Waals surface area contributed by atoms with Crippen LogP contribution in [0.5, 0.6) is 0 Å². The Morgan fingerprint density at radius 1 is 1.56 bits per heavy atom. The molecule has 2 rings (SSSR count). The number of pyridine rings is 1. The maximum atomic E-state index is 12.0. The first kappa shape index (κ1) is 12.8. The van der Waals surface area contributed by atoms with E-state index in [0.29, 0.717) is 30.3 Å². The lowest BCUT2D eigenvalue weighted by molar-refractivity contribution is 0.0694. The molecule has 0 bridgehead atoms. The van der Waals surface area contributed by atoms with Crippen LogP contribution in [0, 0.1) is 19.8 Å². The lowest BCUT2D eigenvalue weighted by Crippen LogP contribution is -2.28. The van der Waals surface area contributed by atoms with Crippen molar-refractivity contribution in [1.29, 1.82) is 0 Å². The molecule has 1 aromatic rings.